The second kappa shape index (κ2) is 5.31. The van der Waals surface area contributed by atoms with Crippen LogP contribution in [-0.4, -0.2) is 35.6 Å². The molecule has 1 rings (SSSR count). The van der Waals surface area contributed by atoms with E-state index in [4.69, 9.17) is 5.73 Å². The summed E-state index contributed by atoms with van der Waals surface area (Å²) in [4.78, 5) is 13.2. The fourth-order valence-corrected chi connectivity index (χ4v) is 2.00. The number of halogens is 3. The van der Waals surface area contributed by atoms with Gasteiger partial charge in [-0.3, -0.25) is 4.79 Å². The van der Waals surface area contributed by atoms with Crippen LogP contribution in [0.2, 0.25) is 0 Å². The first kappa shape index (κ1) is 16.3. The number of rotatable bonds is 4. The molecular weight excluding hydrogens is 257 g/mol. The van der Waals surface area contributed by atoms with Gasteiger partial charge in [0.05, 0.1) is 6.04 Å². The predicted molar refractivity (Wildman–Crippen MR) is 67.4 cm³/mol. The van der Waals surface area contributed by atoms with Crippen molar-refractivity contribution in [3.63, 3.8) is 0 Å². The molecule has 2 N–H and O–H groups in total. The minimum atomic E-state index is -4.39. The molecule has 1 aliphatic rings. The number of nitrogens with zero attached hydrogens (tertiary/aromatic N) is 1. The lowest BCUT2D eigenvalue weighted by Gasteiger charge is -2.36. The average Bonchev–Trinajstić information content (AvgIpc) is 3.03. The lowest BCUT2D eigenvalue weighted by Crippen LogP contribution is -2.55. The van der Waals surface area contributed by atoms with Crippen molar-refractivity contribution in [2.75, 3.05) is 6.54 Å². The smallest absolute Gasteiger partial charge is 0.329 e. The van der Waals surface area contributed by atoms with Crippen LogP contribution in [-0.2, 0) is 4.79 Å². The Morgan fingerprint density at radius 1 is 1.32 bits per heavy atom. The van der Waals surface area contributed by atoms with Gasteiger partial charge in [0.25, 0.3) is 0 Å². The number of hydrogen-bond acceptors (Lipinski definition) is 2. The minimum Gasteiger partial charge on any atom is -0.329 e. The molecule has 0 aromatic heterocycles. The molecule has 1 fully saturated rings. The van der Waals surface area contributed by atoms with Gasteiger partial charge in [0.15, 0.2) is 0 Å². The van der Waals surface area contributed by atoms with E-state index in [0.29, 0.717) is 0 Å². The number of nitrogens with two attached hydrogens (primary N) is 1. The quantitative estimate of drug-likeness (QED) is 0.860. The van der Waals surface area contributed by atoms with E-state index in [2.05, 4.69) is 0 Å². The van der Waals surface area contributed by atoms with Gasteiger partial charge in [0.1, 0.15) is 6.54 Å². The molecule has 0 heterocycles. The Labute approximate surface area is 112 Å². The first-order valence-corrected chi connectivity index (χ1v) is 6.56. The number of carbonyl (C=O) groups excluding carboxylic acids is 1. The molecule has 1 amide bonds. The van der Waals surface area contributed by atoms with Crippen LogP contribution >= 0.6 is 0 Å². The molecule has 6 heteroatoms. The van der Waals surface area contributed by atoms with Gasteiger partial charge in [-0.2, -0.15) is 13.2 Å². The Morgan fingerprint density at radius 2 is 1.79 bits per heavy atom. The summed E-state index contributed by atoms with van der Waals surface area (Å²) in [5.74, 6) is -0.428. The third-order valence-corrected chi connectivity index (χ3v) is 3.63. The number of carbonyl (C=O) groups is 1. The molecule has 112 valence electrons. The molecule has 0 aromatic carbocycles. The van der Waals surface area contributed by atoms with E-state index in [1.807, 2.05) is 0 Å². The second-order valence-electron chi connectivity index (χ2n) is 6.50. The van der Waals surface area contributed by atoms with Gasteiger partial charge in [0.2, 0.25) is 5.91 Å². The SMILES string of the molecule is CC(C1CC1)N(CC(F)(F)F)C(=O)[C@@H](N)C(C)(C)C. The molecule has 1 unspecified atom stereocenters. The van der Waals surface area contributed by atoms with Crippen molar-refractivity contribution in [3.8, 4) is 0 Å². The van der Waals surface area contributed by atoms with E-state index in [9.17, 15) is 18.0 Å². The molecule has 1 aliphatic carbocycles. The molecule has 0 saturated heterocycles. The van der Waals surface area contributed by atoms with Gasteiger partial charge in [-0.25, -0.2) is 0 Å². The van der Waals surface area contributed by atoms with Gasteiger partial charge in [-0.05, 0) is 31.1 Å². The molecule has 3 nitrogen and oxygen atoms in total. The van der Waals surface area contributed by atoms with Gasteiger partial charge >= 0.3 is 6.18 Å². The molecule has 0 radical (unpaired) electrons. The summed E-state index contributed by atoms with van der Waals surface area (Å²) in [6.07, 6.45) is -2.63. The van der Waals surface area contributed by atoms with E-state index in [1.54, 1.807) is 27.7 Å². The highest BCUT2D eigenvalue weighted by atomic mass is 19.4. The monoisotopic (exact) mass is 280 g/mol. The van der Waals surface area contributed by atoms with E-state index < -0.39 is 36.1 Å². The first-order chi connectivity index (χ1) is 8.43. The van der Waals surface area contributed by atoms with Gasteiger partial charge in [0, 0.05) is 6.04 Å². The number of hydrogen-bond donors (Lipinski definition) is 1. The molecule has 0 bridgehead atoms. The first-order valence-electron chi connectivity index (χ1n) is 6.56. The van der Waals surface area contributed by atoms with Crippen LogP contribution in [0.3, 0.4) is 0 Å². The van der Waals surface area contributed by atoms with Gasteiger partial charge in [-0.15, -0.1) is 0 Å². The Bertz CT molecular complexity index is 332. The fraction of sp³-hybridized carbons (Fsp3) is 0.923. The fourth-order valence-electron chi connectivity index (χ4n) is 2.00. The molecule has 0 spiro atoms. The molecule has 1 saturated carbocycles. The zero-order valence-corrected chi connectivity index (χ0v) is 11.9. The topological polar surface area (TPSA) is 46.3 Å². The highest BCUT2D eigenvalue weighted by molar-refractivity contribution is 5.82. The maximum absolute atomic E-state index is 12.6. The summed E-state index contributed by atoms with van der Waals surface area (Å²) in [5.41, 5.74) is 5.26. The third-order valence-electron chi connectivity index (χ3n) is 3.63. The second-order valence-corrected chi connectivity index (χ2v) is 6.50. The summed E-state index contributed by atoms with van der Waals surface area (Å²) in [6.45, 7) is 5.72. The standard InChI is InChI=1S/C13H23F3N2O/c1-8(9-5-6-9)18(7-13(14,15)16)11(19)10(17)12(2,3)4/h8-10H,5-7,17H2,1-4H3/t8?,10-/m1/s1. The highest BCUT2D eigenvalue weighted by Gasteiger charge is 2.43. The third kappa shape index (κ3) is 4.67. The van der Waals surface area contributed by atoms with E-state index in [1.165, 1.54) is 0 Å². The van der Waals surface area contributed by atoms with Crippen molar-refractivity contribution >= 4 is 5.91 Å². The maximum Gasteiger partial charge on any atom is 0.406 e. The van der Waals surface area contributed by atoms with E-state index >= 15 is 0 Å². The normalized spacial score (nSPS) is 20.0. The van der Waals surface area contributed by atoms with Crippen LogP contribution in [0.25, 0.3) is 0 Å². The van der Waals surface area contributed by atoms with Crippen molar-refractivity contribution in [2.45, 2.75) is 58.8 Å². The van der Waals surface area contributed by atoms with Crippen molar-refractivity contribution in [1.82, 2.24) is 4.90 Å². The average molecular weight is 280 g/mol. The molecule has 2 atom stereocenters. The largest absolute Gasteiger partial charge is 0.406 e. The summed E-state index contributed by atoms with van der Waals surface area (Å²) in [7, 11) is 0. The lowest BCUT2D eigenvalue weighted by molar-refractivity contribution is -0.168. The summed E-state index contributed by atoms with van der Waals surface area (Å²) in [6, 6.07) is -1.32. The number of amides is 1. The highest BCUT2D eigenvalue weighted by Crippen LogP contribution is 2.37. The van der Waals surface area contributed by atoms with Crippen LogP contribution in [0.15, 0.2) is 0 Å². The Kier molecular flexibility index (Phi) is 4.55. The van der Waals surface area contributed by atoms with Crippen LogP contribution in [0.4, 0.5) is 13.2 Å². The predicted octanol–water partition coefficient (Wildman–Crippen LogP) is 2.55. The van der Waals surface area contributed by atoms with Gasteiger partial charge < -0.3 is 10.6 Å². The van der Waals surface area contributed by atoms with E-state index in [-0.39, 0.29) is 5.92 Å². The van der Waals surface area contributed by atoms with Crippen LogP contribution in [0, 0.1) is 11.3 Å². The Morgan fingerprint density at radius 3 is 2.11 bits per heavy atom. The van der Waals surface area contributed by atoms with Crippen molar-refractivity contribution in [3.05, 3.63) is 0 Å². The minimum absolute atomic E-state index is 0.179. The van der Waals surface area contributed by atoms with Crippen molar-refractivity contribution in [2.24, 2.45) is 17.1 Å². The zero-order valence-electron chi connectivity index (χ0n) is 11.9. The Hall–Kier alpha value is -0.780. The number of alkyl halides is 3. The summed E-state index contributed by atoms with van der Waals surface area (Å²) < 4.78 is 37.9. The molecule has 19 heavy (non-hydrogen) atoms. The van der Waals surface area contributed by atoms with E-state index in [0.717, 1.165) is 17.7 Å². The van der Waals surface area contributed by atoms with Crippen LogP contribution in [0.1, 0.15) is 40.5 Å². The molecular formula is C13H23F3N2O. The van der Waals surface area contributed by atoms with Crippen LogP contribution < -0.4 is 5.73 Å². The molecule has 0 aliphatic heterocycles. The summed E-state index contributed by atoms with van der Waals surface area (Å²) >= 11 is 0. The maximum atomic E-state index is 12.6. The molecule has 0 aromatic rings. The van der Waals surface area contributed by atoms with Gasteiger partial charge in [-0.1, -0.05) is 20.8 Å². The van der Waals surface area contributed by atoms with Crippen molar-refractivity contribution in [1.29, 1.82) is 0 Å². The lowest BCUT2D eigenvalue weighted by atomic mass is 9.86. The van der Waals surface area contributed by atoms with Crippen LogP contribution in [0.5, 0.6) is 0 Å². The Balaban J connectivity index is 2.86. The van der Waals surface area contributed by atoms with Crippen molar-refractivity contribution < 1.29 is 18.0 Å². The zero-order chi connectivity index (χ0) is 15.0. The summed E-state index contributed by atoms with van der Waals surface area (Å²) in [5, 5.41) is 0.